The molecule has 0 fully saturated rings. The van der Waals surface area contributed by atoms with Crippen LogP contribution in [0.5, 0.6) is 0 Å². The molecule has 1 aromatic carbocycles. The van der Waals surface area contributed by atoms with Crippen molar-refractivity contribution in [1.82, 2.24) is 0 Å². The Labute approximate surface area is 104 Å². The van der Waals surface area contributed by atoms with Gasteiger partial charge in [0, 0.05) is 13.1 Å². The zero-order valence-electron chi connectivity index (χ0n) is 9.74. The molecule has 1 aromatic rings. The summed E-state index contributed by atoms with van der Waals surface area (Å²) in [4.78, 5) is 12.1. The van der Waals surface area contributed by atoms with Gasteiger partial charge in [0.2, 0.25) is 0 Å². The maximum atomic E-state index is 11.1. The highest BCUT2D eigenvalue weighted by molar-refractivity contribution is 5.76. The molecule has 0 aromatic heterocycles. The standard InChI is InChI=1S/C10H16N4O4/c11-12-8-2-1-3-9(10(8)14(17)18)13(4-6-15)5-7-16/h1-3,12,15-16H,4-7,11H2. The summed E-state index contributed by atoms with van der Waals surface area (Å²) in [7, 11) is 0. The molecule has 0 saturated heterocycles. The molecule has 0 spiro atoms. The number of hydrazine groups is 1. The van der Waals surface area contributed by atoms with Gasteiger partial charge >= 0.3 is 5.69 Å². The summed E-state index contributed by atoms with van der Waals surface area (Å²) < 4.78 is 0. The zero-order chi connectivity index (χ0) is 13.5. The van der Waals surface area contributed by atoms with Crippen LogP contribution in [0.3, 0.4) is 0 Å². The first kappa shape index (κ1) is 14.2. The van der Waals surface area contributed by atoms with Crippen molar-refractivity contribution in [1.29, 1.82) is 0 Å². The van der Waals surface area contributed by atoms with Gasteiger partial charge in [-0.1, -0.05) is 6.07 Å². The van der Waals surface area contributed by atoms with Crippen molar-refractivity contribution in [2.75, 3.05) is 36.6 Å². The van der Waals surface area contributed by atoms with Gasteiger partial charge in [0.25, 0.3) is 0 Å². The lowest BCUT2D eigenvalue weighted by atomic mass is 10.2. The zero-order valence-corrected chi connectivity index (χ0v) is 9.74. The van der Waals surface area contributed by atoms with Gasteiger partial charge in [-0.05, 0) is 12.1 Å². The average molecular weight is 256 g/mol. The lowest BCUT2D eigenvalue weighted by Gasteiger charge is -2.23. The van der Waals surface area contributed by atoms with Crippen molar-refractivity contribution in [3.8, 4) is 0 Å². The molecule has 0 heterocycles. The fourth-order valence-electron chi connectivity index (χ4n) is 1.69. The van der Waals surface area contributed by atoms with E-state index in [1.54, 1.807) is 12.1 Å². The number of nitrogens with one attached hydrogen (secondary N) is 1. The SMILES string of the molecule is NNc1cccc(N(CCO)CCO)c1[N+](=O)[O-]. The third-order valence-electron chi connectivity index (χ3n) is 2.43. The molecule has 8 heteroatoms. The van der Waals surface area contributed by atoms with E-state index < -0.39 is 4.92 Å². The minimum absolute atomic E-state index is 0.169. The van der Waals surface area contributed by atoms with E-state index in [2.05, 4.69) is 5.43 Å². The molecule has 0 unspecified atom stereocenters. The van der Waals surface area contributed by atoms with Gasteiger partial charge in [-0.25, -0.2) is 0 Å². The quantitative estimate of drug-likeness (QED) is 0.299. The molecule has 0 aliphatic carbocycles. The Morgan fingerprint density at radius 2 is 1.94 bits per heavy atom. The van der Waals surface area contributed by atoms with Crippen molar-refractivity contribution >= 4 is 17.1 Å². The van der Waals surface area contributed by atoms with E-state index in [1.807, 2.05) is 0 Å². The Bertz CT molecular complexity index is 407. The fraction of sp³-hybridized carbons (Fsp3) is 0.400. The molecular formula is C10H16N4O4. The minimum Gasteiger partial charge on any atom is -0.395 e. The summed E-state index contributed by atoms with van der Waals surface area (Å²) in [5.74, 6) is 5.23. The second kappa shape index (κ2) is 6.74. The largest absolute Gasteiger partial charge is 0.395 e. The number of nitrogens with two attached hydrogens (primary N) is 1. The summed E-state index contributed by atoms with van der Waals surface area (Å²) in [6, 6.07) is 4.64. The van der Waals surface area contributed by atoms with Gasteiger partial charge in [-0.3, -0.25) is 16.0 Å². The van der Waals surface area contributed by atoms with Crippen LogP contribution in [0.2, 0.25) is 0 Å². The topological polar surface area (TPSA) is 125 Å². The van der Waals surface area contributed by atoms with Gasteiger partial charge in [-0.15, -0.1) is 0 Å². The third-order valence-corrected chi connectivity index (χ3v) is 2.43. The van der Waals surface area contributed by atoms with Gasteiger partial charge < -0.3 is 20.5 Å². The van der Waals surface area contributed by atoms with Crippen molar-refractivity contribution in [3.63, 3.8) is 0 Å². The van der Waals surface area contributed by atoms with Crippen LogP contribution in [0.15, 0.2) is 18.2 Å². The Kier molecular flexibility index (Phi) is 5.31. The molecule has 18 heavy (non-hydrogen) atoms. The highest BCUT2D eigenvalue weighted by atomic mass is 16.6. The average Bonchev–Trinajstić information content (AvgIpc) is 2.37. The number of para-hydroxylation sites is 1. The molecule has 0 aliphatic rings. The molecule has 0 saturated carbocycles. The molecule has 1 rings (SSSR count). The first-order valence-electron chi connectivity index (χ1n) is 5.36. The van der Waals surface area contributed by atoms with Crippen molar-refractivity contribution < 1.29 is 15.1 Å². The number of hydrogen-bond donors (Lipinski definition) is 4. The molecule has 0 bridgehead atoms. The molecule has 0 aliphatic heterocycles. The van der Waals surface area contributed by atoms with Crippen LogP contribution in [0.25, 0.3) is 0 Å². The van der Waals surface area contributed by atoms with Crippen molar-refractivity contribution in [2.45, 2.75) is 0 Å². The van der Waals surface area contributed by atoms with Gasteiger partial charge in [-0.2, -0.15) is 0 Å². The van der Waals surface area contributed by atoms with Crippen LogP contribution in [0, 0.1) is 10.1 Å². The Hall–Kier alpha value is -1.90. The predicted molar refractivity (Wildman–Crippen MR) is 67.3 cm³/mol. The summed E-state index contributed by atoms with van der Waals surface area (Å²) >= 11 is 0. The third kappa shape index (κ3) is 3.06. The van der Waals surface area contributed by atoms with Crippen LogP contribution in [-0.2, 0) is 0 Å². The van der Waals surface area contributed by atoms with Gasteiger partial charge in [0.15, 0.2) is 0 Å². The Balaban J connectivity index is 3.23. The van der Waals surface area contributed by atoms with E-state index in [4.69, 9.17) is 16.1 Å². The molecule has 0 atom stereocenters. The molecule has 5 N–H and O–H groups in total. The molecule has 0 amide bonds. The van der Waals surface area contributed by atoms with E-state index in [-0.39, 0.29) is 37.7 Å². The monoisotopic (exact) mass is 256 g/mol. The lowest BCUT2D eigenvalue weighted by Crippen LogP contribution is -2.30. The number of nitro benzene ring substituents is 1. The molecule has 100 valence electrons. The Morgan fingerprint density at radius 1 is 1.33 bits per heavy atom. The van der Waals surface area contributed by atoms with E-state index in [0.717, 1.165) is 0 Å². The minimum atomic E-state index is -0.549. The summed E-state index contributed by atoms with van der Waals surface area (Å²) in [6.45, 7) is 0.0414. The fourth-order valence-corrected chi connectivity index (χ4v) is 1.69. The number of rotatable bonds is 7. The predicted octanol–water partition coefficient (Wildman–Crippen LogP) is -0.329. The van der Waals surface area contributed by atoms with E-state index >= 15 is 0 Å². The summed E-state index contributed by atoms with van der Waals surface area (Å²) in [6.07, 6.45) is 0. The van der Waals surface area contributed by atoms with Crippen molar-refractivity contribution in [3.05, 3.63) is 28.3 Å². The number of hydrogen-bond acceptors (Lipinski definition) is 7. The number of aliphatic hydroxyl groups excluding tert-OH is 2. The normalized spacial score (nSPS) is 10.2. The van der Waals surface area contributed by atoms with Gasteiger partial charge in [0.1, 0.15) is 11.4 Å². The number of nitro groups is 1. The first-order chi connectivity index (χ1) is 8.65. The van der Waals surface area contributed by atoms with Crippen LogP contribution < -0.4 is 16.2 Å². The van der Waals surface area contributed by atoms with E-state index in [1.165, 1.54) is 11.0 Å². The number of anilines is 2. The number of nitrogen functional groups attached to an aromatic ring is 1. The maximum Gasteiger partial charge on any atom is 0.316 e. The number of aliphatic hydroxyl groups is 2. The van der Waals surface area contributed by atoms with E-state index in [9.17, 15) is 10.1 Å². The smallest absolute Gasteiger partial charge is 0.316 e. The second-order valence-corrected chi connectivity index (χ2v) is 3.51. The maximum absolute atomic E-state index is 11.1. The number of benzene rings is 1. The molecule has 8 nitrogen and oxygen atoms in total. The first-order valence-corrected chi connectivity index (χ1v) is 5.36. The van der Waals surface area contributed by atoms with Crippen LogP contribution in [0.4, 0.5) is 17.1 Å². The number of nitrogens with zero attached hydrogens (tertiary/aromatic N) is 2. The Morgan fingerprint density at radius 3 is 2.39 bits per heavy atom. The van der Waals surface area contributed by atoms with E-state index in [0.29, 0.717) is 5.69 Å². The van der Waals surface area contributed by atoms with Crippen LogP contribution in [-0.4, -0.2) is 41.4 Å². The molecular weight excluding hydrogens is 240 g/mol. The van der Waals surface area contributed by atoms with Crippen LogP contribution in [0.1, 0.15) is 0 Å². The lowest BCUT2D eigenvalue weighted by molar-refractivity contribution is -0.383. The highest BCUT2D eigenvalue weighted by Crippen LogP contribution is 2.34. The van der Waals surface area contributed by atoms with Gasteiger partial charge in [0.05, 0.1) is 18.1 Å². The summed E-state index contributed by atoms with van der Waals surface area (Å²) in [5, 5.41) is 29.0. The second-order valence-electron chi connectivity index (χ2n) is 3.51. The van der Waals surface area contributed by atoms with Crippen LogP contribution >= 0.6 is 0 Å². The van der Waals surface area contributed by atoms with Crippen molar-refractivity contribution in [2.24, 2.45) is 5.84 Å². The highest BCUT2D eigenvalue weighted by Gasteiger charge is 2.23. The molecule has 0 radical (unpaired) electrons. The summed E-state index contributed by atoms with van der Waals surface area (Å²) in [5.41, 5.74) is 2.57.